The van der Waals surface area contributed by atoms with Gasteiger partial charge in [0.1, 0.15) is 11.6 Å². The molecule has 146 valence electrons. The molecule has 0 aliphatic heterocycles. The summed E-state index contributed by atoms with van der Waals surface area (Å²) in [5, 5.41) is 9.58. The van der Waals surface area contributed by atoms with Crippen LogP contribution in [0.15, 0.2) is 72.1 Å². The van der Waals surface area contributed by atoms with Crippen LogP contribution in [0.1, 0.15) is 11.1 Å². The van der Waals surface area contributed by atoms with Crippen LogP contribution in [0.4, 0.5) is 4.39 Å². The van der Waals surface area contributed by atoms with E-state index < -0.39 is 0 Å². The van der Waals surface area contributed by atoms with Gasteiger partial charge >= 0.3 is 0 Å². The van der Waals surface area contributed by atoms with E-state index >= 15 is 0 Å². The molecule has 29 heavy (non-hydrogen) atoms. The van der Waals surface area contributed by atoms with Crippen molar-refractivity contribution in [1.29, 1.82) is 0 Å². The summed E-state index contributed by atoms with van der Waals surface area (Å²) in [5.74, 6) is 1.59. The van der Waals surface area contributed by atoms with Crippen LogP contribution < -0.4 is 4.74 Å². The summed E-state index contributed by atoms with van der Waals surface area (Å²) in [6.07, 6.45) is 3.47. The molecule has 0 aliphatic carbocycles. The Hall–Kier alpha value is -3.19. The van der Waals surface area contributed by atoms with Crippen LogP contribution in [0, 0.1) is 12.7 Å². The molecule has 0 radical (unpaired) electrons. The van der Waals surface area contributed by atoms with Crippen LogP contribution in [-0.2, 0) is 5.75 Å². The molecule has 2 aromatic heterocycles. The summed E-state index contributed by atoms with van der Waals surface area (Å²) >= 11 is 1.48. The monoisotopic (exact) mass is 406 g/mol. The van der Waals surface area contributed by atoms with Crippen molar-refractivity contribution >= 4 is 11.8 Å². The summed E-state index contributed by atoms with van der Waals surface area (Å²) in [4.78, 5) is 4.09. The number of para-hydroxylation sites is 1. The predicted molar refractivity (Wildman–Crippen MR) is 112 cm³/mol. The van der Waals surface area contributed by atoms with Gasteiger partial charge in [0.25, 0.3) is 0 Å². The third-order valence-electron chi connectivity index (χ3n) is 4.53. The molecule has 0 unspecified atom stereocenters. The highest BCUT2D eigenvalue weighted by atomic mass is 32.2. The van der Waals surface area contributed by atoms with Gasteiger partial charge in [0.05, 0.1) is 12.8 Å². The maximum absolute atomic E-state index is 13.7. The molecule has 0 saturated carbocycles. The molecule has 2 aromatic carbocycles. The third-order valence-corrected chi connectivity index (χ3v) is 5.51. The lowest BCUT2D eigenvalue weighted by Crippen LogP contribution is -2.02. The molecule has 0 saturated heterocycles. The number of rotatable bonds is 6. The lowest BCUT2D eigenvalue weighted by molar-refractivity contribution is 0.410. The standard InChI is InChI=1S/C22H19FN4OS/c1-15-5-3-4-6-19(15)27-21(16-9-11-24-12-10-16)25-26-22(27)29-14-17-13-18(23)7-8-20(17)28-2/h3-13H,14H2,1-2H3. The van der Waals surface area contributed by atoms with Crippen LogP contribution in [0.2, 0.25) is 0 Å². The summed E-state index contributed by atoms with van der Waals surface area (Å²) in [6.45, 7) is 2.05. The first-order valence-electron chi connectivity index (χ1n) is 9.04. The molecule has 7 heteroatoms. The Morgan fingerprint density at radius 1 is 1.03 bits per heavy atom. The van der Waals surface area contributed by atoms with E-state index in [1.165, 1.54) is 23.9 Å². The Labute approximate surface area is 172 Å². The van der Waals surface area contributed by atoms with Crippen molar-refractivity contribution in [2.45, 2.75) is 17.8 Å². The number of hydrogen-bond donors (Lipinski definition) is 0. The van der Waals surface area contributed by atoms with Crippen molar-refractivity contribution in [3.63, 3.8) is 0 Å². The average Bonchev–Trinajstić information content (AvgIpc) is 3.17. The van der Waals surface area contributed by atoms with Gasteiger partial charge in [-0.25, -0.2) is 4.39 Å². The second kappa shape index (κ2) is 8.45. The molecule has 2 heterocycles. The zero-order valence-corrected chi connectivity index (χ0v) is 16.9. The molecule has 5 nitrogen and oxygen atoms in total. The number of methoxy groups -OCH3 is 1. The van der Waals surface area contributed by atoms with Gasteiger partial charge < -0.3 is 4.74 Å². The van der Waals surface area contributed by atoms with Gasteiger partial charge in [0.15, 0.2) is 11.0 Å². The normalized spacial score (nSPS) is 10.9. The van der Waals surface area contributed by atoms with Gasteiger partial charge in [-0.15, -0.1) is 10.2 Å². The smallest absolute Gasteiger partial charge is 0.196 e. The van der Waals surface area contributed by atoms with Crippen molar-refractivity contribution in [3.05, 3.63) is 83.9 Å². The molecule has 0 atom stereocenters. The first kappa shape index (κ1) is 19.1. The minimum Gasteiger partial charge on any atom is -0.496 e. The Morgan fingerprint density at radius 3 is 2.59 bits per heavy atom. The minimum absolute atomic E-state index is 0.292. The fourth-order valence-electron chi connectivity index (χ4n) is 3.09. The second-order valence-corrected chi connectivity index (χ2v) is 7.35. The van der Waals surface area contributed by atoms with Crippen molar-refractivity contribution < 1.29 is 9.13 Å². The number of aryl methyl sites for hydroxylation is 1. The summed E-state index contributed by atoms with van der Waals surface area (Å²) in [7, 11) is 1.58. The predicted octanol–water partition coefficient (Wildman–Crippen LogP) is 5.08. The SMILES string of the molecule is COc1ccc(F)cc1CSc1nnc(-c2ccncc2)n1-c1ccccc1C. The number of ether oxygens (including phenoxy) is 1. The van der Waals surface area contributed by atoms with E-state index in [0.29, 0.717) is 11.5 Å². The highest BCUT2D eigenvalue weighted by Gasteiger charge is 2.18. The molecule has 0 aliphatic rings. The highest BCUT2D eigenvalue weighted by Crippen LogP contribution is 2.32. The minimum atomic E-state index is -0.292. The maximum atomic E-state index is 13.7. The van der Waals surface area contributed by atoms with Crippen molar-refractivity contribution in [2.24, 2.45) is 0 Å². The van der Waals surface area contributed by atoms with Crippen LogP contribution >= 0.6 is 11.8 Å². The Morgan fingerprint density at radius 2 is 1.83 bits per heavy atom. The number of hydrogen-bond acceptors (Lipinski definition) is 5. The van der Waals surface area contributed by atoms with Gasteiger partial charge in [0.2, 0.25) is 0 Å². The summed E-state index contributed by atoms with van der Waals surface area (Å²) < 4.78 is 21.1. The maximum Gasteiger partial charge on any atom is 0.196 e. The summed E-state index contributed by atoms with van der Waals surface area (Å²) in [5.41, 5.74) is 3.79. The molecule has 4 aromatic rings. The van der Waals surface area contributed by atoms with Crippen molar-refractivity contribution in [3.8, 4) is 22.8 Å². The number of halogens is 1. The first-order valence-corrected chi connectivity index (χ1v) is 10.0. The van der Waals surface area contributed by atoms with Crippen LogP contribution in [-0.4, -0.2) is 26.9 Å². The van der Waals surface area contributed by atoms with Gasteiger partial charge in [0, 0.05) is 29.3 Å². The topological polar surface area (TPSA) is 52.8 Å². The van der Waals surface area contributed by atoms with Crippen LogP contribution in [0.3, 0.4) is 0 Å². The molecule has 0 N–H and O–H groups in total. The fourth-order valence-corrected chi connectivity index (χ4v) is 4.01. The highest BCUT2D eigenvalue weighted by molar-refractivity contribution is 7.98. The van der Waals surface area contributed by atoms with E-state index in [4.69, 9.17) is 4.74 Å². The zero-order valence-electron chi connectivity index (χ0n) is 16.0. The Balaban J connectivity index is 1.76. The lowest BCUT2D eigenvalue weighted by atomic mass is 10.2. The quantitative estimate of drug-likeness (QED) is 0.418. The van der Waals surface area contributed by atoms with Crippen LogP contribution in [0.25, 0.3) is 17.1 Å². The van der Waals surface area contributed by atoms with E-state index in [1.54, 1.807) is 25.6 Å². The van der Waals surface area contributed by atoms with Gasteiger partial charge in [-0.1, -0.05) is 30.0 Å². The number of nitrogens with zero attached hydrogens (tertiary/aromatic N) is 4. The van der Waals surface area contributed by atoms with Crippen molar-refractivity contribution in [1.82, 2.24) is 19.7 Å². The molecule has 0 fully saturated rings. The average molecular weight is 406 g/mol. The fraction of sp³-hybridized carbons (Fsp3) is 0.136. The number of aromatic nitrogens is 4. The van der Waals surface area contributed by atoms with Gasteiger partial charge in [-0.2, -0.15) is 0 Å². The zero-order chi connectivity index (χ0) is 20.2. The van der Waals surface area contributed by atoms with Gasteiger partial charge in [-0.3, -0.25) is 9.55 Å². The molecule has 0 spiro atoms. The van der Waals surface area contributed by atoms with E-state index in [2.05, 4.69) is 28.2 Å². The lowest BCUT2D eigenvalue weighted by Gasteiger charge is -2.13. The second-order valence-electron chi connectivity index (χ2n) is 6.41. The Kier molecular flexibility index (Phi) is 5.57. The molecule has 4 rings (SSSR count). The van der Waals surface area contributed by atoms with E-state index in [0.717, 1.165) is 33.4 Å². The Bertz CT molecular complexity index is 1130. The molecule has 0 bridgehead atoms. The number of pyridine rings is 1. The largest absolute Gasteiger partial charge is 0.496 e. The molecular formula is C22H19FN4OS. The summed E-state index contributed by atoms with van der Waals surface area (Å²) in [6, 6.07) is 16.4. The van der Waals surface area contributed by atoms with Crippen molar-refractivity contribution in [2.75, 3.05) is 7.11 Å². The van der Waals surface area contributed by atoms with E-state index in [1.807, 2.05) is 34.9 Å². The van der Waals surface area contributed by atoms with Crippen LogP contribution in [0.5, 0.6) is 5.75 Å². The molecule has 0 amide bonds. The molecular weight excluding hydrogens is 387 g/mol. The van der Waals surface area contributed by atoms with Gasteiger partial charge in [-0.05, 0) is 48.9 Å². The number of thioether (sulfide) groups is 1. The van der Waals surface area contributed by atoms with E-state index in [-0.39, 0.29) is 5.82 Å². The first-order chi connectivity index (χ1) is 14.2. The number of benzene rings is 2. The van der Waals surface area contributed by atoms with E-state index in [9.17, 15) is 4.39 Å². The third kappa shape index (κ3) is 4.00.